The van der Waals surface area contributed by atoms with E-state index in [0.29, 0.717) is 0 Å². The van der Waals surface area contributed by atoms with E-state index < -0.39 is 0 Å². The molecular weight excluding hydrogens is 200 g/mol. The predicted octanol–water partition coefficient (Wildman–Crippen LogP) is 4.30. The molecule has 2 heteroatoms. The van der Waals surface area contributed by atoms with Crippen LogP contribution >= 0.6 is 0 Å². The summed E-state index contributed by atoms with van der Waals surface area (Å²) in [4.78, 5) is 0. The molecule has 1 fully saturated rings. The van der Waals surface area contributed by atoms with E-state index in [1.165, 1.54) is 25.7 Å². The minimum atomic E-state index is 0.0884. The number of rotatable bonds is 6. The first kappa shape index (κ1) is 15.7. The summed E-state index contributed by atoms with van der Waals surface area (Å²) < 4.78 is 11.1. The molecule has 2 nitrogen and oxygen atoms in total. The average molecular weight is 228 g/mol. The quantitative estimate of drug-likeness (QED) is 0.498. The average Bonchev–Trinajstić information content (AvgIpc) is 2.37. The minimum Gasteiger partial charge on any atom is -0.353 e. The van der Waals surface area contributed by atoms with Crippen LogP contribution in [0.3, 0.4) is 0 Å². The van der Waals surface area contributed by atoms with Gasteiger partial charge in [-0.05, 0) is 45.4 Å². The van der Waals surface area contributed by atoms with E-state index in [4.69, 9.17) is 9.47 Å². The Morgan fingerprint density at radius 3 is 2.69 bits per heavy atom. The second kappa shape index (κ2) is 12.7. The van der Waals surface area contributed by atoms with Crippen LogP contribution in [-0.2, 0) is 9.47 Å². The van der Waals surface area contributed by atoms with Crippen molar-refractivity contribution in [3.05, 3.63) is 12.2 Å². The number of unbranched alkanes of at least 4 members (excludes halogenated alkanes) is 2. The number of hydrogen-bond acceptors (Lipinski definition) is 2. The molecule has 1 saturated heterocycles. The first-order valence-electron chi connectivity index (χ1n) is 6.78. The van der Waals surface area contributed by atoms with Gasteiger partial charge in [-0.25, -0.2) is 0 Å². The van der Waals surface area contributed by atoms with Crippen molar-refractivity contribution in [2.24, 2.45) is 0 Å². The highest BCUT2D eigenvalue weighted by Gasteiger charge is 2.12. The molecule has 1 unspecified atom stereocenters. The Morgan fingerprint density at radius 2 is 2.06 bits per heavy atom. The van der Waals surface area contributed by atoms with Crippen molar-refractivity contribution in [2.75, 3.05) is 13.2 Å². The van der Waals surface area contributed by atoms with Gasteiger partial charge in [-0.15, -0.1) is 0 Å². The van der Waals surface area contributed by atoms with Gasteiger partial charge in [0.2, 0.25) is 0 Å². The summed E-state index contributed by atoms with van der Waals surface area (Å²) in [6, 6.07) is 0. The van der Waals surface area contributed by atoms with Crippen molar-refractivity contribution in [1.29, 1.82) is 0 Å². The van der Waals surface area contributed by atoms with Crippen molar-refractivity contribution in [3.8, 4) is 0 Å². The van der Waals surface area contributed by atoms with Crippen LogP contribution in [0.5, 0.6) is 0 Å². The summed E-state index contributed by atoms with van der Waals surface area (Å²) in [5.74, 6) is 0. The summed E-state index contributed by atoms with van der Waals surface area (Å²) in [7, 11) is 0. The maximum absolute atomic E-state index is 5.62. The first-order chi connectivity index (χ1) is 7.93. The summed E-state index contributed by atoms with van der Waals surface area (Å²) in [6.45, 7) is 7.79. The van der Waals surface area contributed by atoms with Gasteiger partial charge in [0.15, 0.2) is 6.29 Å². The Labute approximate surface area is 101 Å². The third-order valence-corrected chi connectivity index (χ3v) is 2.44. The van der Waals surface area contributed by atoms with E-state index in [1.54, 1.807) is 0 Å². The lowest BCUT2D eigenvalue weighted by molar-refractivity contribution is -0.162. The maximum atomic E-state index is 5.62. The second-order valence-electron chi connectivity index (χ2n) is 3.73. The summed E-state index contributed by atoms with van der Waals surface area (Å²) >= 11 is 0. The molecule has 0 aliphatic carbocycles. The molecule has 0 aromatic rings. The van der Waals surface area contributed by atoms with Crippen LogP contribution in [0.4, 0.5) is 0 Å². The van der Waals surface area contributed by atoms with Crippen molar-refractivity contribution < 1.29 is 9.47 Å². The molecule has 0 N–H and O–H groups in total. The lowest BCUT2D eigenvalue weighted by atomic mass is 10.2. The molecule has 96 valence electrons. The van der Waals surface area contributed by atoms with E-state index in [-0.39, 0.29) is 6.29 Å². The lowest BCUT2D eigenvalue weighted by Gasteiger charge is -2.22. The highest BCUT2D eigenvalue weighted by Crippen LogP contribution is 2.14. The molecule has 1 aliphatic heterocycles. The molecule has 1 aliphatic rings. The van der Waals surface area contributed by atoms with Gasteiger partial charge in [0, 0.05) is 13.2 Å². The van der Waals surface area contributed by atoms with Crippen LogP contribution in [0.2, 0.25) is 0 Å². The monoisotopic (exact) mass is 228 g/mol. The molecule has 0 radical (unpaired) electrons. The van der Waals surface area contributed by atoms with Crippen molar-refractivity contribution >= 4 is 0 Å². The van der Waals surface area contributed by atoms with Crippen LogP contribution in [0, 0.1) is 0 Å². The lowest BCUT2D eigenvalue weighted by Crippen LogP contribution is -2.22. The Bertz CT molecular complexity index is 149. The predicted molar refractivity (Wildman–Crippen MR) is 69.6 cm³/mol. The normalized spacial score (nSPS) is 20.6. The van der Waals surface area contributed by atoms with Gasteiger partial charge in [0.1, 0.15) is 0 Å². The number of hydrogen-bond donors (Lipinski definition) is 0. The molecule has 16 heavy (non-hydrogen) atoms. The largest absolute Gasteiger partial charge is 0.353 e. The van der Waals surface area contributed by atoms with E-state index in [1.807, 2.05) is 13.8 Å². The zero-order valence-corrected chi connectivity index (χ0v) is 11.2. The molecule has 0 saturated carbocycles. The summed E-state index contributed by atoms with van der Waals surface area (Å²) in [5.41, 5.74) is 0. The third kappa shape index (κ3) is 8.93. The molecule has 0 aromatic carbocycles. The Balaban J connectivity index is 0.00000106. The van der Waals surface area contributed by atoms with E-state index in [2.05, 4.69) is 19.1 Å². The fourth-order valence-corrected chi connectivity index (χ4v) is 1.59. The van der Waals surface area contributed by atoms with Crippen LogP contribution in [-0.4, -0.2) is 19.5 Å². The van der Waals surface area contributed by atoms with Gasteiger partial charge >= 0.3 is 0 Å². The molecule has 1 heterocycles. The van der Waals surface area contributed by atoms with Gasteiger partial charge in [0.05, 0.1) is 0 Å². The highest BCUT2D eigenvalue weighted by molar-refractivity contribution is 4.76. The van der Waals surface area contributed by atoms with Crippen molar-refractivity contribution in [1.82, 2.24) is 0 Å². The van der Waals surface area contributed by atoms with Gasteiger partial charge in [-0.1, -0.05) is 26.0 Å². The zero-order chi connectivity index (χ0) is 12.1. The molecule has 0 bridgehead atoms. The van der Waals surface area contributed by atoms with Gasteiger partial charge in [-0.3, -0.25) is 0 Å². The van der Waals surface area contributed by atoms with Crippen LogP contribution in [0.25, 0.3) is 0 Å². The standard InChI is InChI=1S/C12H22O2.C2H6/c1-2-3-4-5-7-10-13-12-9-6-8-11-14-12;1-2/h2-3,12H,4-11H2,1H3;1-2H3/b3-2+;. The Kier molecular flexibility index (Phi) is 12.5. The molecule has 1 rings (SSSR count). The second-order valence-corrected chi connectivity index (χ2v) is 3.73. The Morgan fingerprint density at radius 1 is 1.25 bits per heavy atom. The first-order valence-corrected chi connectivity index (χ1v) is 6.78. The summed E-state index contributed by atoms with van der Waals surface area (Å²) in [5, 5.41) is 0. The molecule has 0 aromatic heterocycles. The number of ether oxygens (including phenoxy) is 2. The molecular formula is C14H28O2. The molecule has 1 atom stereocenters. The molecule has 0 spiro atoms. The SMILES string of the molecule is C/C=C/CCCCOC1CCCCO1.CC. The third-order valence-electron chi connectivity index (χ3n) is 2.44. The fraction of sp³-hybridized carbons (Fsp3) is 0.857. The summed E-state index contributed by atoms with van der Waals surface area (Å²) in [6.07, 6.45) is 11.5. The van der Waals surface area contributed by atoms with Crippen LogP contribution in [0.1, 0.15) is 59.3 Å². The number of allylic oxidation sites excluding steroid dienone is 2. The van der Waals surface area contributed by atoms with Crippen LogP contribution in [0.15, 0.2) is 12.2 Å². The van der Waals surface area contributed by atoms with E-state index >= 15 is 0 Å². The van der Waals surface area contributed by atoms with Crippen molar-refractivity contribution in [2.45, 2.75) is 65.6 Å². The van der Waals surface area contributed by atoms with E-state index in [9.17, 15) is 0 Å². The molecule has 0 amide bonds. The topological polar surface area (TPSA) is 18.5 Å². The Hall–Kier alpha value is -0.340. The van der Waals surface area contributed by atoms with Gasteiger partial charge in [-0.2, -0.15) is 0 Å². The van der Waals surface area contributed by atoms with Gasteiger partial charge < -0.3 is 9.47 Å². The minimum absolute atomic E-state index is 0.0884. The van der Waals surface area contributed by atoms with Crippen molar-refractivity contribution in [3.63, 3.8) is 0 Å². The van der Waals surface area contributed by atoms with Crippen LogP contribution < -0.4 is 0 Å². The maximum Gasteiger partial charge on any atom is 0.157 e. The zero-order valence-electron chi connectivity index (χ0n) is 11.2. The fourth-order valence-electron chi connectivity index (χ4n) is 1.59. The smallest absolute Gasteiger partial charge is 0.157 e. The van der Waals surface area contributed by atoms with Gasteiger partial charge in [0.25, 0.3) is 0 Å². The highest BCUT2D eigenvalue weighted by atomic mass is 16.7. The van der Waals surface area contributed by atoms with E-state index in [0.717, 1.165) is 26.1 Å².